The topological polar surface area (TPSA) is 78.8 Å². The quantitative estimate of drug-likeness (QED) is 0.681. The summed E-state index contributed by atoms with van der Waals surface area (Å²) in [7, 11) is -1.89. The molecule has 0 aliphatic carbocycles. The Labute approximate surface area is 177 Å². The summed E-state index contributed by atoms with van der Waals surface area (Å²) in [5.41, 5.74) is 0.508. The Balaban J connectivity index is 1.91. The number of hydrogen-bond donors (Lipinski definition) is 1. The molecule has 1 aliphatic rings. The van der Waals surface area contributed by atoms with Crippen LogP contribution in [0.2, 0.25) is 0 Å². The van der Waals surface area contributed by atoms with Crippen LogP contribution in [0.15, 0.2) is 50.1 Å². The van der Waals surface area contributed by atoms with E-state index in [2.05, 4.69) is 25.6 Å². The van der Waals surface area contributed by atoms with E-state index < -0.39 is 16.1 Å². The van der Waals surface area contributed by atoms with Gasteiger partial charge in [-0.1, -0.05) is 32.4 Å². The van der Waals surface area contributed by atoms with Crippen LogP contribution in [0.3, 0.4) is 0 Å². The molecule has 0 saturated carbocycles. The number of hydrogen-bond acceptors (Lipinski definition) is 5. The number of rotatable bonds is 6. The van der Waals surface area contributed by atoms with Gasteiger partial charge in [-0.05, 0) is 46.1 Å². The fourth-order valence-corrected chi connectivity index (χ4v) is 5.77. The molecule has 2 heterocycles. The average Bonchev–Trinajstić information content (AvgIpc) is 3.19. The molecular formula is C19H22BrN3O3S2. The highest BCUT2D eigenvalue weighted by Crippen LogP contribution is 2.26. The van der Waals surface area contributed by atoms with Crippen LogP contribution in [0.25, 0.3) is 0 Å². The first-order valence-corrected chi connectivity index (χ1v) is 12.0. The zero-order valence-electron chi connectivity index (χ0n) is 15.8. The molecule has 0 bridgehead atoms. The number of sulfonamides is 1. The second-order valence-electron chi connectivity index (χ2n) is 6.81. The van der Waals surface area contributed by atoms with Crippen molar-refractivity contribution < 1.29 is 13.2 Å². The van der Waals surface area contributed by atoms with Gasteiger partial charge in [-0.3, -0.25) is 14.5 Å². The number of carbonyl (C=O) groups is 1. The first-order chi connectivity index (χ1) is 13.2. The lowest BCUT2D eigenvalue weighted by molar-refractivity contribution is -0.132. The van der Waals surface area contributed by atoms with Gasteiger partial charge in [0.25, 0.3) is 10.0 Å². The predicted molar refractivity (Wildman–Crippen MR) is 115 cm³/mol. The third-order valence-corrected chi connectivity index (χ3v) is 7.77. The molecule has 9 heteroatoms. The van der Waals surface area contributed by atoms with Gasteiger partial charge < -0.3 is 4.90 Å². The maximum Gasteiger partial charge on any atom is 0.263 e. The Bertz CT molecular complexity index is 1020. The van der Waals surface area contributed by atoms with Crippen molar-refractivity contribution in [1.29, 1.82) is 0 Å². The van der Waals surface area contributed by atoms with E-state index in [1.165, 1.54) is 0 Å². The number of amides is 1. The molecule has 1 aliphatic heterocycles. The van der Waals surface area contributed by atoms with E-state index in [4.69, 9.17) is 0 Å². The third kappa shape index (κ3) is 4.31. The molecule has 28 heavy (non-hydrogen) atoms. The lowest BCUT2D eigenvalue weighted by atomic mass is 9.98. The summed E-state index contributed by atoms with van der Waals surface area (Å²) >= 11 is 5.01. The highest BCUT2D eigenvalue weighted by molar-refractivity contribution is 9.11. The molecule has 1 aromatic heterocycles. The van der Waals surface area contributed by atoms with Gasteiger partial charge in [0.05, 0.1) is 15.2 Å². The second kappa shape index (κ2) is 8.34. The molecule has 1 amide bonds. The SMILES string of the molecule is CC[C@H](C)[C@H](N=C1NS(=O)(=O)c2ccccc21)C(=O)N(C)Cc1ccc(Br)s1. The number of thiophene rings is 1. The molecule has 2 atom stereocenters. The number of nitrogens with one attached hydrogen (secondary N) is 1. The fraction of sp³-hybridized carbons (Fsp3) is 0.368. The highest BCUT2D eigenvalue weighted by atomic mass is 79.9. The predicted octanol–water partition coefficient (Wildman–Crippen LogP) is 3.62. The van der Waals surface area contributed by atoms with Gasteiger partial charge in [0.15, 0.2) is 0 Å². The number of fused-ring (bicyclic) bond motifs is 1. The van der Waals surface area contributed by atoms with E-state index >= 15 is 0 Å². The number of aliphatic imine (C=N–C) groups is 1. The third-order valence-electron chi connectivity index (χ3n) is 4.76. The smallest absolute Gasteiger partial charge is 0.263 e. The summed E-state index contributed by atoms with van der Waals surface area (Å²) in [4.78, 5) is 20.6. The van der Waals surface area contributed by atoms with Crippen LogP contribution < -0.4 is 4.72 Å². The monoisotopic (exact) mass is 483 g/mol. The van der Waals surface area contributed by atoms with Crippen LogP contribution >= 0.6 is 27.3 Å². The summed E-state index contributed by atoms with van der Waals surface area (Å²) in [6.07, 6.45) is 0.750. The van der Waals surface area contributed by atoms with Crippen molar-refractivity contribution in [3.63, 3.8) is 0 Å². The maximum atomic E-state index is 13.2. The van der Waals surface area contributed by atoms with Gasteiger partial charge >= 0.3 is 0 Å². The summed E-state index contributed by atoms with van der Waals surface area (Å²) in [6.45, 7) is 4.43. The van der Waals surface area contributed by atoms with E-state index in [0.29, 0.717) is 12.1 Å². The number of carbonyl (C=O) groups excluding carboxylic acids is 1. The van der Waals surface area contributed by atoms with E-state index in [-0.39, 0.29) is 22.6 Å². The molecule has 1 N–H and O–H groups in total. The minimum atomic E-state index is -3.63. The molecule has 0 saturated heterocycles. The summed E-state index contributed by atoms with van der Waals surface area (Å²) in [5, 5.41) is 0. The Morgan fingerprint density at radius 2 is 2.00 bits per heavy atom. The van der Waals surface area contributed by atoms with Gasteiger partial charge in [-0.15, -0.1) is 11.3 Å². The second-order valence-corrected chi connectivity index (χ2v) is 11.0. The number of halogens is 1. The molecule has 1 aromatic carbocycles. The van der Waals surface area contributed by atoms with E-state index in [0.717, 1.165) is 15.1 Å². The van der Waals surface area contributed by atoms with Crippen molar-refractivity contribution in [2.45, 2.75) is 37.8 Å². The molecule has 150 valence electrons. The molecule has 0 unspecified atom stereocenters. The maximum absolute atomic E-state index is 13.2. The Kier molecular flexibility index (Phi) is 6.26. The molecular weight excluding hydrogens is 462 g/mol. The Hall–Kier alpha value is -1.71. The van der Waals surface area contributed by atoms with E-state index in [1.807, 2.05) is 26.0 Å². The van der Waals surface area contributed by atoms with Crippen molar-refractivity contribution >= 4 is 49.0 Å². The molecule has 0 fully saturated rings. The van der Waals surface area contributed by atoms with Crippen LogP contribution in [0.1, 0.15) is 30.7 Å². The van der Waals surface area contributed by atoms with Gasteiger partial charge in [-0.2, -0.15) is 0 Å². The minimum absolute atomic E-state index is 0.0326. The zero-order valence-corrected chi connectivity index (χ0v) is 19.1. The first kappa shape index (κ1) is 21.0. The highest BCUT2D eigenvalue weighted by Gasteiger charge is 2.33. The zero-order chi connectivity index (χ0) is 20.5. The van der Waals surface area contributed by atoms with Crippen molar-refractivity contribution in [2.75, 3.05) is 7.05 Å². The normalized spacial score (nSPS) is 18.4. The molecule has 2 aromatic rings. The molecule has 0 radical (unpaired) electrons. The van der Waals surface area contributed by atoms with Crippen LogP contribution in [0.4, 0.5) is 0 Å². The lowest BCUT2D eigenvalue weighted by Gasteiger charge is -2.25. The van der Waals surface area contributed by atoms with Crippen LogP contribution in [-0.4, -0.2) is 38.2 Å². The van der Waals surface area contributed by atoms with Gasteiger partial charge in [0, 0.05) is 17.5 Å². The molecule has 3 rings (SSSR count). The standard InChI is InChI=1S/C19H22BrN3O3S2/c1-4-12(2)17(19(24)23(3)11-13-9-10-16(20)27-13)21-18-14-7-5-6-8-15(14)28(25,26)22-18/h5-10,12,17H,4,11H2,1-3H3,(H,21,22)/t12-,17-/m0/s1. The lowest BCUT2D eigenvalue weighted by Crippen LogP contribution is -2.40. The van der Waals surface area contributed by atoms with Gasteiger partial charge in [0.2, 0.25) is 5.91 Å². The molecule has 0 spiro atoms. The van der Waals surface area contributed by atoms with Crippen LogP contribution in [0, 0.1) is 5.92 Å². The largest absolute Gasteiger partial charge is 0.339 e. The van der Waals surface area contributed by atoms with Crippen LogP contribution in [0.5, 0.6) is 0 Å². The van der Waals surface area contributed by atoms with E-state index in [1.54, 1.807) is 47.5 Å². The van der Waals surface area contributed by atoms with Crippen molar-refractivity contribution in [3.05, 3.63) is 50.6 Å². The summed E-state index contributed by atoms with van der Waals surface area (Å²) in [6, 6.07) is 9.95. The van der Waals surface area contributed by atoms with Gasteiger partial charge in [-0.25, -0.2) is 8.42 Å². The Morgan fingerprint density at radius 1 is 1.29 bits per heavy atom. The molecule has 6 nitrogen and oxygen atoms in total. The van der Waals surface area contributed by atoms with E-state index in [9.17, 15) is 13.2 Å². The summed E-state index contributed by atoms with van der Waals surface area (Å²) in [5.74, 6) is 0.0752. The number of amidine groups is 1. The van der Waals surface area contributed by atoms with Gasteiger partial charge in [0.1, 0.15) is 11.9 Å². The fourth-order valence-electron chi connectivity index (χ4n) is 2.99. The van der Waals surface area contributed by atoms with Crippen molar-refractivity contribution in [1.82, 2.24) is 9.62 Å². The van der Waals surface area contributed by atoms with Crippen molar-refractivity contribution in [3.8, 4) is 0 Å². The number of benzene rings is 1. The summed E-state index contributed by atoms with van der Waals surface area (Å²) < 4.78 is 28.2. The minimum Gasteiger partial charge on any atom is -0.339 e. The Morgan fingerprint density at radius 3 is 2.64 bits per heavy atom. The average molecular weight is 484 g/mol. The van der Waals surface area contributed by atoms with Crippen LogP contribution in [-0.2, 0) is 21.4 Å². The number of likely N-dealkylation sites (N-methyl/N-ethyl adjacent to an activating group) is 1. The number of nitrogens with zero attached hydrogens (tertiary/aromatic N) is 2. The first-order valence-electron chi connectivity index (χ1n) is 8.92. The van der Waals surface area contributed by atoms with Crippen molar-refractivity contribution in [2.24, 2.45) is 10.9 Å².